The Kier molecular flexibility index (Phi) is 5.24. The quantitative estimate of drug-likeness (QED) is 0.802. The summed E-state index contributed by atoms with van der Waals surface area (Å²) >= 11 is 0. The van der Waals surface area contributed by atoms with Crippen LogP contribution in [0.25, 0.3) is 0 Å². The lowest BCUT2D eigenvalue weighted by Gasteiger charge is -2.40. The molecule has 0 bridgehead atoms. The first-order valence-corrected chi connectivity index (χ1v) is 9.02. The molecule has 5 nitrogen and oxygen atoms in total. The Morgan fingerprint density at radius 3 is 2.52 bits per heavy atom. The van der Waals surface area contributed by atoms with Crippen molar-refractivity contribution in [2.24, 2.45) is 0 Å². The number of rotatable bonds is 7. The highest BCUT2D eigenvalue weighted by molar-refractivity contribution is 7.89. The molecule has 2 rings (SSSR count). The molecule has 6 heteroatoms. The van der Waals surface area contributed by atoms with Crippen LogP contribution in [-0.4, -0.2) is 40.1 Å². The highest BCUT2D eigenvalue weighted by Crippen LogP contribution is 2.28. The number of hydrogen-bond donors (Lipinski definition) is 2. The highest BCUT2D eigenvalue weighted by atomic mass is 32.2. The number of para-hydroxylation sites is 1. The Balaban J connectivity index is 2.39. The third kappa shape index (κ3) is 3.75. The zero-order valence-electron chi connectivity index (χ0n) is 13.0. The Bertz CT molecular complexity index is 568. The van der Waals surface area contributed by atoms with Gasteiger partial charge in [0.15, 0.2) is 0 Å². The summed E-state index contributed by atoms with van der Waals surface area (Å²) < 4.78 is 27.8. The van der Waals surface area contributed by atoms with Crippen LogP contribution >= 0.6 is 0 Å². The second-order valence-electron chi connectivity index (χ2n) is 5.75. The van der Waals surface area contributed by atoms with Crippen LogP contribution in [0.4, 0.5) is 5.69 Å². The maximum atomic E-state index is 12.5. The van der Waals surface area contributed by atoms with E-state index in [-0.39, 0.29) is 6.04 Å². The van der Waals surface area contributed by atoms with Gasteiger partial charge < -0.3 is 10.2 Å². The molecule has 0 radical (unpaired) electrons. The summed E-state index contributed by atoms with van der Waals surface area (Å²) in [5.74, 6) is 0. The van der Waals surface area contributed by atoms with Crippen LogP contribution in [0, 0.1) is 0 Å². The first-order valence-electron chi connectivity index (χ1n) is 7.54. The van der Waals surface area contributed by atoms with E-state index in [1.165, 1.54) is 0 Å². The molecule has 1 heterocycles. The molecule has 2 N–H and O–H groups in total. The number of nitrogens with zero attached hydrogens (tertiary/aromatic N) is 1. The lowest BCUT2D eigenvalue weighted by Crippen LogP contribution is -2.58. The average Bonchev–Trinajstić information content (AvgIpc) is 2.34. The van der Waals surface area contributed by atoms with Crippen molar-refractivity contribution in [3.8, 4) is 0 Å². The molecule has 1 aromatic rings. The van der Waals surface area contributed by atoms with E-state index in [9.17, 15) is 8.42 Å². The summed E-state index contributed by atoms with van der Waals surface area (Å²) in [6.45, 7) is 8.46. The van der Waals surface area contributed by atoms with Crippen LogP contribution in [0.2, 0.25) is 0 Å². The molecule has 1 saturated heterocycles. The number of benzene rings is 1. The van der Waals surface area contributed by atoms with Crippen molar-refractivity contribution in [2.75, 3.05) is 24.5 Å². The van der Waals surface area contributed by atoms with Crippen LogP contribution in [0.3, 0.4) is 0 Å². The molecule has 0 amide bonds. The third-order valence-electron chi connectivity index (χ3n) is 3.52. The maximum absolute atomic E-state index is 12.5. The average molecular weight is 311 g/mol. The van der Waals surface area contributed by atoms with Crippen molar-refractivity contribution < 1.29 is 8.42 Å². The topological polar surface area (TPSA) is 61.4 Å². The van der Waals surface area contributed by atoms with Crippen molar-refractivity contribution in [2.45, 2.75) is 44.2 Å². The van der Waals surface area contributed by atoms with Gasteiger partial charge in [-0.3, -0.25) is 0 Å². The molecule has 1 aromatic carbocycles. The van der Waals surface area contributed by atoms with Gasteiger partial charge in [-0.1, -0.05) is 19.1 Å². The molecule has 0 spiro atoms. The lowest BCUT2D eigenvalue weighted by molar-refractivity contribution is 0.411. The van der Waals surface area contributed by atoms with Crippen molar-refractivity contribution in [3.63, 3.8) is 0 Å². The summed E-state index contributed by atoms with van der Waals surface area (Å²) in [4.78, 5) is 2.59. The second-order valence-corrected chi connectivity index (χ2v) is 7.43. The molecule has 0 unspecified atom stereocenters. The summed E-state index contributed by atoms with van der Waals surface area (Å²) in [5, 5.41) is 3.25. The molecule has 118 valence electrons. The normalized spacial score (nSPS) is 16.0. The molecule has 0 aliphatic carbocycles. The van der Waals surface area contributed by atoms with Crippen molar-refractivity contribution >= 4 is 15.7 Å². The van der Waals surface area contributed by atoms with Crippen molar-refractivity contribution in [3.05, 3.63) is 24.3 Å². The van der Waals surface area contributed by atoms with Gasteiger partial charge in [0.2, 0.25) is 10.0 Å². The fourth-order valence-corrected chi connectivity index (χ4v) is 4.00. The number of nitrogens with one attached hydrogen (secondary N) is 2. The van der Waals surface area contributed by atoms with E-state index in [4.69, 9.17) is 0 Å². The van der Waals surface area contributed by atoms with Gasteiger partial charge in [0.1, 0.15) is 4.90 Å². The summed E-state index contributed by atoms with van der Waals surface area (Å²) in [7, 11) is -3.48. The van der Waals surface area contributed by atoms with Gasteiger partial charge in [0, 0.05) is 25.7 Å². The van der Waals surface area contributed by atoms with Crippen LogP contribution < -0.4 is 14.9 Å². The van der Waals surface area contributed by atoms with E-state index in [2.05, 4.69) is 21.9 Å². The smallest absolute Gasteiger partial charge is 0.242 e. The van der Waals surface area contributed by atoms with Crippen LogP contribution in [0.5, 0.6) is 0 Å². The molecule has 21 heavy (non-hydrogen) atoms. The number of sulfonamides is 1. The fraction of sp³-hybridized carbons (Fsp3) is 0.600. The lowest BCUT2D eigenvalue weighted by atomic mass is 10.1. The monoisotopic (exact) mass is 311 g/mol. The third-order valence-corrected chi connectivity index (χ3v) is 5.23. The van der Waals surface area contributed by atoms with Crippen LogP contribution in [0.1, 0.15) is 27.2 Å². The van der Waals surface area contributed by atoms with Gasteiger partial charge in [0.05, 0.1) is 11.7 Å². The summed E-state index contributed by atoms with van der Waals surface area (Å²) in [5.41, 5.74) is 0.805. The molecular weight excluding hydrogens is 286 g/mol. The van der Waals surface area contributed by atoms with Gasteiger partial charge >= 0.3 is 0 Å². The Labute approximate surface area is 127 Å². The van der Waals surface area contributed by atoms with E-state index in [0.29, 0.717) is 10.9 Å². The summed E-state index contributed by atoms with van der Waals surface area (Å²) in [6.07, 6.45) is 0.989. The van der Waals surface area contributed by atoms with Gasteiger partial charge in [-0.2, -0.15) is 0 Å². The van der Waals surface area contributed by atoms with E-state index in [1.807, 2.05) is 26.0 Å². The molecule has 1 aliphatic rings. The minimum Gasteiger partial charge on any atom is -0.365 e. The minimum atomic E-state index is -3.48. The standard InChI is InChI=1S/C15H25N3O2S/c1-4-9-18(13-10-16-11-13)14-7-5-6-8-15(14)21(19,20)17-12(2)3/h5-8,12-13,16-17H,4,9-11H2,1-3H3. The predicted octanol–water partition coefficient (Wildman–Crippen LogP) is 1.56. The number of anilines is 1. The first kappa shape index (κ1) is 16.3. The molecule has 1 aliphatic heterocycles. The molecule has 1 fully saturated rings. The maximum Gasteiger partial charge on any atom is 0.242 e. The van der Waals surface area contributed by atoms with Gasteiger partial charge in [0.25, 0.3) is 0 Å². The fourth-order valence-electron chi connectivity index (χ4n) is 2.53. The molecular formula is C15H25N3O2S. The van der Waals surface area contributed by atoms with Gasteiger partial charge in [-0.15, -0.1) is 0 Å². The predicted molar refractivity (Wildman–Crippen MR) is 86.2 cm³/mol. The van der Waals surface area contributed by atoms with E-state index >= 15 is 0 Å². The van der Waals surface area contributed by atoms with Crippen molar-refractivity contribution in [1.82, 2.24) is 10.0 Å². The molecule has 0 saturated carbocycles. The zero-order valence-corrected chi connectivity index (χ0v) is 13.8. The van der Waals surface area contributed by atoms with Crippen molar-refractivity contribution in [1.29, 1.82) is 0 Å². The minimum absolute atomic E-state index is 0.118. The Morgan fingerprint density at radius 1 is 1.33 bits per heavy atom. The van der Waals surface area contributed by atoms with E-state index < -0.39 is 10.0 Å². The van der Waals surface area contributed by atoms with Gasteiger partial charge in [-0.05, 0) is 32.4 Å². The molecule has 0 aromatic heterocycles. The van der Waals surface area contributed by atoms with Crippen LogP contribution in [-0.2, 0) is 10.0 Å². The van der Waals surface area contributed by atoms with E-state index in [1.54, 1.807) is 12.1 Å². The first-order chi connectivity index (χ1) is 9.95. The SMILES string of the molecule is CCCN(c1ccccc1S(=O)(=O)NC(C)C)C1CNC1. The Morgan fingerprint density at radius 2 is 2.00 bits per heavy atom. The van der Waals surface area contributed by atoms with Gasteiger partial charge in [-0.25, -0.2) is 13.1 Å². The van der Waals surface area contributed by atoms with E-state index in [0.717, 1.165) is 31.7 Å². The second kappa shape index (κ2) is 6.77. The Hall–Kier alpha value is -1.11. The van der Waals surface area contributed by atoms with Crippen LogP contribution in [0.15, 0.2) is 29.2 Å². The molecule has 0 atom stereocenters. The highest BCUT2D eigenvalue weighted by Gasteiger charge is 2.29. The summed E-state index contributed by atoms with van der Waals surface area (Å²) in [6, 6.07) is 7.53. The number of hydrogen-bond acceptors (Lipinski definition) is 4. The zero-order chi connectivity index (χ0) is 15.5. The largest absolute Gasteiger partial charge is 0.365 e.